The second kappa shape index (κ2) is 9.22. The summed E-state index contributed by atoms with van der Waals surface area (Å²) in [6.07, 6.45) is 2.37. The lowest BCUT2D eigenvalue weighted by atomic mass is 9.94. The van der Waals surface area contributed by atoms with Gasteiger partial charge in [0.2, 0.25) is 0 Å². The second-order valence-electron chi connectivity index (χ2n) is 6.12. The van der Waals surface area contributed by atoms with Crippen molar-refractivity contribution in [3.05, 3.63) is 34.4 Å². The molecule has 1 aromatic rings. The van der Waals surface area contributed by atoms with Crippen LogP contribution in [-0.4, -0.2) is 31.1 Å². The summed E-state index contributed by atoms with van der Waals surface area (Å²) in [5, 5.41) is 3.75. The van der Waals surface area contributed by atoms with E-state index in [9.17, 15) is 0 Å². The van der Waals surface area contributed by atoms with Gasteiger partial charge in [0.15, 0.2) is 0 Å². The molecular weight excluding hydrogens is 256 g/mol. The van der Waals surface area contributed by atoms with E-state index < -0.39 is 0 Å². The van der Waals surface area contributed by atoms with Crippen molar-refractivity contribution in [2.45, 2.75) is 60.4 Å². The molecule has 2 nitrogen and oxygen atoms in total. The Kier molecular flexibility index (Phi) is 7.98. The van der Waals surface area contributed by atoms with Gasteiger partial charge < -0.3 is 10.2 Å². The molecule has 120 valence electrons. The predicted molar refractivity (Wildman–Crippen MR) is 94.1 cm³/mol. The minimum Gasteiger partial charge on any atom is -0.310 e. The SMILES string of the molecule is CCCNC(CCN(CC)CC)c1cc(C)c(C)cc1C. The maximum atomic E-state index is 3.75. The third-order valence-corrected chi connectivity index (χ3v) is 4.53. The van der Waals surface area contributed by atoms with E-state index in [0.29, 0.717) is 6.04 Å². The van der Waals surface area contributed by atoms with Gasteiger partial charge in [0.1, 0.15) is 0 Å². The molecule has 1 aromatic carbocycles. The molecule has 0 radical (unpaired) electrons. The van der Waals surface area contributed by atoms with Crippen LogP contribution in [0.2, 0.25) is 0 Å². The first-order valence-corrected chi connectivity index (χ1v) is 8.56. The lowest BCUT2D eigenvalue weighted by Gasteiger charge is -2.26. The van der Waals surface area contributed by atoms with Gasteiger partial charge in [-0.15, -0.1) is 0 Å². The number of nitrogens with zero attached hydrogens (tertiary/aromatic N) is 1. The topological polar surface area (TPSA) is 15.3 Å². The molecular formula is C19H34N2. The Hall–Kier alpha value is -0.860. The van der Waals surface area contributed by atoms with Crippen LogP contribution >= 0.6 is 0 Å². The minimum absolute atomic E-state index is 0.477. The first-order valence-electron chi connectivity index (χ1n) is 8.56. The average Bonchev–Trinajstić information content (AvgIpc) is 2.47. The van der Waals surface area contributed by atoms with E-state index in [0.717, 1.165) is 19.6 Å². The van der Waals surface area contributed by atoms with E-state index in [1.54, 1.807) is 0 Å². The van der Waals surface area contributed by atoms with E-state index >= 15 is 0 Å². The Morgan fingerprint density at radius 3 is 2.14 bits per heavy atom. The summed E-state index contributed by atoms with van der Waals surface area (Å²) in [4.78, 5) is 2.51. The van der Waals surface area contributed by atoms with E-state index in [-0.39, 0.29) is 0 Å². The molecule has 1 rings (SSSR count). The quantitative estimate of drug-likeness (QED) is 0.726. The van der Waals surface area contributed by atoms with Crippen molar-refractivity contribution in [1.82, 2.24) is 10.2 Å². The summed E-state index contributed by atoms with van der Waals surface area (Å²) in [5.74, 6) is 0. The van der Waals surface area contributed by atoms with Crippen LogP contribution in [0.3, 0.4) is 0 Å². The van der Waals surface area contributed by atoms with E-state index in [1.807, 2.05) is 0 Å². The van der Waals surface area contributed by atoms with E-state index in [2.05, 4.69) is 63.9 Å². The van der Waals surface area contributed by atoms with Crippen LogP contribution < -0.4 is 5.32 Å². The fraction of sp³-hybridized carbons (Fsp3) is 0.684. The lowest BCUT2D eigenvalue weighted by molar-refractivity contribution is 0.281. The highest BCUT2D eigenvalue weighted by molar-refractivity contribution is 5.38. The van der Waals surface area contributed by atoms with Crippen LogP contribution in [0.25, 0.3) is 0 Å². The molecule has 0 aliphatic heterocycles. The van der Waals surface area contributed by atoms with Crippen molar-refractivity contribution in [3.8, 4) is 0 Å². The highest BCUT2D eigenvalue weighted by atomic mass is 15.1. The largest absolute Gasteiger partial charge is 0.310 e. The van der Waals surface area contributed by atoms with Gasteiger partial charge in [-0.1, -0.05) is 32.9 Å². The summed E-state index contributed by atoms with van der Waals surface area (Å²) in [7, 11) is 0. The van der Waals surface area contributed by atoms with Crippen LogP contribution in [0.1, 0.15) is 61.9 Å². The average molecular weight is 290 g/mol. The molecule has 0 spiro atoms. The maximum Gasteiger partial charge on any atom is 0.0335 e. The van der Waals surface area contributed by atoms with Crippen molar-refractivity contribution in [2.24, 2.45) is 0 Å². The molecule has 0 aliphatic rings. The summed E-state index contributed by atoms with van der Waals surface area (Å²) in [5.41, 5.74) is 5.71. The third kappa shape index (κ3) is 5.44. The van der Waals surface area contributed by atoms with Crippen molar-refractivity contribution >= 4 is 0 Å². The first kappa shape index (κ1) is 18.2. The molecule has 1 unspecified atom stereocenters. The molecule has 21 heavy (non-hydrogen) atoms. The molecule has 1 N–H and O–H groups in total. The summed E-state index contributed by atoms with van der Waals surface area (Å²) in [6, 6.07) is 5.20. The molecule has 0 amide bonds. The van der Waals surface area contributed by atoms with Gasteiger partial charge in [0, 0.05) is 6.04 Å². The number of benzene rings is 1. The van der Waals surface area contributed by atoms with Crippen molar-refractivity contribution < 1.29 is 0 Å². The van der Waals surface area contributed by atoms with Crippen molar-refractivity contribution in [1.29, 1.82) is 0 Å². The maximum absolute atomic E-state index is 3.75. The Morgan fingerprint density at radius 1 is 0.952 bits per heavy atom. The highest BCUT2D eigenvalue weighted by Crippen LogP contribution is 2.24. The van der Waals surface area contributed by atoms with Crippen molar-refractivity contribution in [2.75, 3.05) is 26.2 Å². The van der Waals surface area contributed by atoms with Gasteiger partial charge in [-0.25, -0.2) is 0 Å². The van der Waals surface area contributed by atoms with Gasteiger partial charge in [-0.05, 0) is 82.0 Å². The van der Waals surface area contributed by atoms with Crippen molar-refractivity contribution in [3.63, 3.8) is 0 Å². The molecule has 0 aromatic heterocycles. The van der Waals surface area contributed by atoms with Gasteiger partial charge in [0.05, 0.1) is 0 Å². The Labute approximate surface area is 131 Å². The number of hydrogen-bond donors (Lipinski definition) is 1. The van der Waals surface area contributed by atoms with Crippen LogP contribution in [-0.2, 0) is 0 Å². The standard InChI is InChI=1S/C19H34N2/c1-7-11-20-19(10-12-21(8-2)9-3)18-14-16(5)15(4)13-17(18)6/h13-14,19-20H,7-12H2,1-6H3. The normalized spacial score (nSPS) is 12.9. The molecule has 0 saturated carbocycles. The van der Waals surface area contributed by atoms with E-state index in [1.165, 1.54) is 41.6 Å². The van der Waals surface area contributed by atoms with Gasteiger partial charge in [-0.3, -0.25) is 0 Å². The lowest BCUT2D eigenvalue weighted by Crippen LogP contribution is -2.30. The monoisotopic (exact) mass is 290 g/mol. The fourth-order valence-electron chi connectivity index (χ4n) is 2.90. The predicted octanol–water partition coefficient (Wildman–Crippen LogP) is 4.38. The molecule has 0 fully saturated rings. The van der Waals surface area contributed by atoms with Crippen LogP contribution in [0, 0.1) is 20.8 Å². The third-order valence-electron chi connectivity index (χ3n) is 4.53. The van der Waals surface area contributed by atoms with Gasteiger partial charge in [0.25, 0.3) is 0 Å². The fourth-order valence-corrected chi connectivity index (χ4v) is 2.90. The van der Waals surface area contributed by atoms with Crippen LogP contribution in [0.15, 0.2) is 12.1 Å². The number of hydrogen-bond acceptors (Lipinski definition) is 2. The zero-order valence-corrected chi connectivity index (χ0v) is 14.9. The summed E-state index contributed by atoms with van der Waals surface area (Å²) >= 11 is 0. The molecule has 0 saturated heterocycles. The molecule has 0 bridgehead atoms. The minimum atomic E-state index is 0.477. The Bertz CT molecular complexity index is 422. The number of aryl methyl sites for hydroxylation is 3. The number of nitrogens with one attached hydrogen (secondary N) is 1. The smallest absolute Gasteiger partial charge is 0.0335 e. The van der Waals surface area contributed by atoms with Crippen LogP contribution in [0.5, 0.6) is 0 Å². The Morgan fingerprint density at radius 2 is 1.57 bits per heavy atom. The number of rotatable bonds is 9. The highest BCUT2D eigenvalue weighted by Gasteiger charge is 2.15. The zero-order chi connectivity index (χ0) is 15.8. The Balaban J connectivity index is 2.88. The van der Waals surface area contributed by atoms with Gasteiger partial charge in [-0.2, -0.15) is 0 Å². The molecule has 1 atom stereocenters. The van der Waals surface area contributed by atoms with E-state index in [4.69, 9.17) is 0 Å². The van der Waals surface area contributed by atoms with Crippen LogP contribution in [0.4, 0.5) is 0 Å². The first-order chi connectivity index (χ1) is 10.0. The summed E-state index contributed by atoms with van der Waals surface area (Å²) in [6.45, 7) is 18.0. The zero-order valence-electron chi connectivity index (χ0n) is 14.9. The molecule has 0 aliphatic carbocycles. The molecule has 2 heteroatoms. The molecule has 0 heterocycles. The van der Waals surface area contributed by atoms with Gasteiger partial charge >= 0.3 is 0 Å². The second-order valence-corrected chi connectivity index (χ2v) is 6.12. The summed E-state index contributed by atoms with van der Waals surface area (Å²) < 4.78 is 0.